The minimum absolute atomic E-state index is 0.521. The Labute approximate surface area is 150 Å². The van der Waals surface area contributed by atoms with E-state index in [1.54, 1.807) is 19.4 Å². The number of hydrogen-bond donors (Lipinski definition) is 1. The summed E-state index contributed by atoms with van der Waals surface area (Å²) >= 11 is 2.05. The third kappa shape index (κ3) is 44.9. The first-order valence-electron chi connectivity index (χ1n) is 8.93. The van der Waals surface area contributed by atoms with Crippen LogP contribution in [0.15, 0.2) is 24.5 Å². The van der Waals surface area contributed by atoms with Crippen LogP contribution in [0.25, 0.3) is 0 Å². The van der Waals surface area contributed by atoms with Gasteiger partial charge in [0, 0.05) is 13.7 Å². The van der Waals surface area contributed by atoms with Gasteiger partial charge in [0.05, 0.1) is 12.9 Å². The highest BCUT2D eigenvalue weighted by atomic mass is 32.2. The molecule has 0 aliphatic rings. The number of ether oxygens (including phenoxy) is 2. The normalized spacial score (nSPS) is 10.2. The molecule has 140 valence electrons. The second kappa shape index (κ2) is 33.2. The number of methoxy groups -OCH3 is 1. The molecule has 0 unspecified atom stereocenters. The standard InChI is InChI=1S/C7H14.C6H13NO2.C6H14S/c1-3-5-7-6-4-2;1-8-5-6-9-4-2-3-7;1-3-5-7-6-4-2/h5,7H,3-4,6H2,1-2H3;2,4H,3,5-7H2,1H3;3-6H2,1-2H3/b7-5+;4-2+;. The first kappa shape index (κ1) is 27.4. The second-order valence-corrected chi connectivity index (χ2v) is 5.98. The summed E-state index contributed by atoms with van der Waals surface area (Å²) in [6.07, 6.45) is 14.1. The van der Waals surface area contributed by atoms with Crippen molar-refractivity contribution in [3.05, 3.63) is 24.5 Å². The second-order valence-electron chi connectivity index (χ2n) is 4.75. The van der Waals surface area contributed by atoms with Crippen LogP contribution in [-0.4, -0.2) is 38.4 Å². The molecule has 0 aliphatic heterocycles. The van der Waals surface area contributed by atoms with Gasteiger partial charge in [-0.3, -0.25) is 0 Å². The predicted molar refractivity (Wildman–Crippen MR) is 108 cm³/mol. The molecule has 0 saturated carbocycles. The van der Waals surface area contributed by atoms with Crippen molar-refractivity contribution in [1.29, 1.82) is 0 Å². The maximum Gasteiger partial charge on any atom is 0.111 e. The van der Waals surface area contributed by atoms with Crippen molar-refractivity contribution in [3.63, 3.8) is 0 Å². The van der Waals surface area contributed by atoms with Crippen LogP contribution in [0.3, 0.4) is 0 Å². The number of nitrogens with two attached hydrogens (primary N) is 1. The van der Waals surface area contributed by atoms with Crippen LogP contribution >= 0.6 is 11.8 Å². The molecule has 0 amide bonds. The van der Waals surface area contributed by atoms with Crippen LogP contribution in [0.5, 0.6) is 0 Å². The molecular formula is C19H41NO2S. The average molecular weight is 348 g/mol. The number of hydrogen-bond acceptors (Lipinski definition) is 4. The van der Waals surface area contributed by atoms with Gasteiger partial charge in [0.25, 0.3) is 0 Å². The van der Waals surface area contributed by atoms with E-state index < -0.39 is 0 Å². The van der Waals surface area contributed by atoms with Crippen LogP contribution in [0.1, 0.15) is 59.8 Å². The first-order valence-corrected chi connectivity index (χ1v) is 10.1. The molecule has 0 rings (SSSR count). The molecule has 2 N–H and O–H groups in total. The van der Waals surface area contributed by atoms with Crippen LogP contribution < -0.4 is 5.73 Å². The van der Waals surface area contributed by atoms with Crippen molar-refractivity contribution < 1.29 is 9.47 Å². The Hall–Kier alpha value is -0.450. The van der Waals surface area contributed by atoms with E-state index >= 15 is 0 Å². The van der Waals surface area contributed by atoms with E-state index in [2.05, 4.69) is 51.6 Å². The quantitative estimate of drug-likeness (QED) is 0.291. The highest BCUT2D eigenvalue weighted by Crippen LogP contribution is 2.02. The lowest BCUT2D eigenvalue weighted by Gasteiger charge is -1.96. The minimum Gasteiger partial charge on any atom is -0.499 e. The van der Waals surface area contributed by atoms with Gasteiger partial charge in [-0.1, -0.05) is 46.3 Å². The fourth-order valence-corrected chi connectivity index (χ4v) is 1.95. The fourth-order valence-electron chi connectivity index (χ4n) is 1.17. The Kier molecular flexibility index (Phi) is 39.6. The zero-order valence-corrected chi connectivity index (χ0v) is 17.0. The largest absolute Gasteiger partial charge is 0.499 e. The van der Waals surface area contributed by atoms with Gasteiger partial charge in [-0.25, -0.2) is 0 Å². The summed E-state index contributed by atoms with van der Waals surface area (Å²) in [5, 5.41) is 0. The van der Waals surface area contributed by atoms with Gasteiger partial charge in [-0.05, 0) is 43.3 Å². The van der Waals surface area contributed by atoms with Crippen LogP contribution in [-0.2, 0) is 9.47 Å². The van der Waals surface area contributed by atoms with Gasteiger partial charge >= 0.3 is 0 Å². The lowest BCUT2D eigenvalue weighted by molar-refractivity contribution is 0.123. The van der Waals surface area contributed by atoms with Crippen molar-refractivity contribution in [2.24, 2.45) is 5.73 Å². The van der Waals surface area contributed by atoms with Crippen molar-refractivity contribution in [2.75, 3.05) is 38.4 Å². The summed E-state index contributed by atoms with van der Waals surface area (Å²) in [7, 11) is 1.63. The van der Waals surface area contributed by atoms with Gasteiger partial charge in [0.15, 0.2) is 0 Å². The van der Waals surface area contributed by atoms with E-state index in [0.29, 0.717) is 19.8 Å². The van der Waals surface area contributed by atoms with Gasteiger partial charge in [-0.2, -0.15) is 11.8 Å². The van der Waals surface area contributed by atoms with Crippen molar-refractivity contribution in [1.82, 2.24) is 0 Å². The lowest BCUT2D eigenvalue weighted by atomic mass is 10.3. The smallest absolute Gasteiger partial charge is 0.111 e. The van der Waals surface area contributed by atoms with E-state index in [-0.39, 0.29) is 0 Å². The maximum absolute atomic E-state index is 5.15. The van der Waals surface area contributed by atoms with Gasteiger partial charge in [0.2, 0.25) is 0 Å². The summed E-state index contributed by atoms with van der Waals surface area (Å²) in [5.74, 6) is 2.68. The molecule has 0 atom stereocenters. The van der Waals surface area contributed by atoms with Gasteiger partial charge in [-0.15, -0.1) is 0 Å². The molecule has 0 aromatic rings. The summed E-state index contributed by atoms with van der Waals surface area (Å²) in [6.45, 7) is 10.5. The molecule has 0 bridgehead atoms. The van der Waals surface area contributed by atoms with E-state index in [1.807, 2.05) is 0 Å². The zero-order valence-electron chi connectivity index (χ0n) is 16.2. The molecule has 0 aromatic heterocycles. The molecule has 3 nitrogen and oxygen atoms in total. The predicted octanol–water partition coefficient (Wildman–Crippen LogP) is 5.41. The highest BCUT2D eigenvalue weighted by molar-refractivity contribution is 7.99. The lowest BCUT2D eigenvalue weighted by Crippen LogP contribution is -1.98. The molecule has 0 spiro atoms. The van der Waals surface area contributed by atoms with Crippen LogP contribution in [0.2, 0.25) is 0 Å². The Morgan fingerprint density at radius 1 is 0.870 bits per heavy atom. The Balaban J connectivity index is -0.000000264. The summed E-state index contributed by atoms with van der Waals surface area (Å²) in [6, 6.07) is 0. The SMILES string of the molecule is CC/C=C/CCC.CCCSCCC.COCCO/C=C/CN. The molecule has 0 radical (unpaired) electrons. The van der Waals surface area contributed by atoms with Gasteiger partial charge < -0.3 is 15.2 Å². The monoisotopic (exact) mass is 347 g/mol. The van der Waals surface area contributed by atoms with E-state index in [9.17, 15) is 0 Å². The number of allylic oxidation sites excluding steroid dienone is 2. The molecule has 4 heteroatoms. The van der Waals surface area contributed by atoms with Crippen LogP contribution in [0.4, 0.5) is 0 Å². The molecule has 0 aliphatic carbocycles. The van der Waals surface area contributed by atoms with Crippen molar-refractivity contribution in [2.45, 2.75) is 59.8 Å². The Morgan fingerprint density at radius 2 is 1.52 bits per heavy atom. The highest BCUT2D eigenvalue weighted by Gasteiger charge is 1.80. The molecular weight excluding hydrogens is 306 g/mol. The summed E-state index contributed by atoms with van der Waals surface area (Å²) in [4.78, 5) is 0. The molecule has 23 heavy (non-hydrogen) atoms. The van der Waals surface area contributed by atoms with Crippen molar-refractivity contribution in [3.8, 4) is 0 Å². The molecule has 0 heterocycles. The molecule has 0 aromatic carbocycles. The first-order chi connectivity index (χ1) is 11.2. The Morgan fingerprint density at radius 3 is 1.96 bits per heavy atom. The van der Waals surface area contributed by atoms with Crippen LogP contribution in [0, 0.1) is 0 Å². The Bertz CT molecular complexity index is 217. The van der Waals surface area contributed by atoms with Crippen molar-refractivity contribution >= 4 is 11.8 Å². The van der Waals surface area contributed by atoms with Gasteiger partial charge in [0.1, 0.15) is 6.61 Å². The number of thioether (sulfide) groups is 1. The third-order valence-corrected chi connectivity index (χ3v) is 3.68. The average Bonchev–Trinajstić information content (AvgIpc) is 2.57. The molecule has 0 saturated heterocycles. The summed E-state index contributed by atoms with van der Waals surface area (Å²) in [5.41, 5.74) is 5.15. The minimum atomic E-state index is 0.521. The van der Waals surface area contributed by atoms with E-state index in [1.165, 1.54) is 43.6 Å². The topological polar surface area (TPSA) is 44.5 Å². The van der Waals surface area contributed by atoms with E-state index in [0.717, 1.165) is 0 Å². The number of unbranched alkanes of at least 4 members (excludes halogenated alkanes) is 1. The third-order valence-electron chi connectivity index (χ3n) is 2.29. The number of rotatable bonds is 12. The summed E-state index contributed by atoms with van der Waals surface area (Å²) < 4.78 is 9.66. The maximum atomic E-state index is 5.15. The van der Waals surface area contributed by atoms with E-state index in [4.69, 9.17) is 15.2 Å². The zero-order chi connectivity index (χ0) is 18.0. The molecule has 0 fully saturated rings. The fraction of sp³-hybridized carbons (Fsp3) is 0.789.